The molecular weight excluding hydrogens is 560 g/mol. The van der Waals surface area contributed by atoms with Crippen LogP contribution < -0.4 is 19.7 Å². The molecule has 0 spiro atoms. The van der Waals surface area contributed by atoms with Crippen molar-refractivity contribution in [3.63, 3.8) is 0 Å². The monoisotopic (exact) mass is 604 g/mol. The number of methoxy groups -OCH3 is 2. The number of rotatable bonds is 13. The number of hydrogen-bond acceptors (Lipinski definition) is 8. The van der Waals surface area contributed by atoms with Crippen molar-refractivity contribution in [2.45, 2.75) is 65.7 Å². The van der Waals surface area contributed by atoms with Gasteiger partial charge in [-0.1, -0.05) is 51.4 Å². The Balaban J connectivity index is 2.06. The van der Waals surface area contributed by atoms with Crippen LogP contribution in [0.4, 0.5) is 5.69 Å². The molecule has 1 amide bonds. The fraction of sp³-hybridized carbons (Fsp3) is 0.562. The Morgan fingerprint density at radius 3 is 2.52 bits per heavy atom. The average molecular weight is 605 g/mol. The lowest BCUT2D eigenvalue weighted by Crippen LogP contribution is -2.46. The van der Waals surface area contributed by atoms with Crippen LogP contribution in [0.1, 0.15) is 64.7 Å². The molecule has 0 fully saturated rings. The number of carbonyl (C=O) groups excluding carboxylic acids is 2. The number of benzene rings is 2. The minimum absolute atomic E-state index is 0.00540. The highest BCUT2D eigenvalue weighted by Gasteiger charge is 2.36. The molecule has 232 valence electrons. The molecule has 0 bridgehead atoms. The van der Waals surface area contributed by atoms with E-state index in [4.69, 9.17) is 30.5 Å². The van der Waals surface area contributed by atoms with E-state index < -0.39 is 29.6 Å². The van der Waals surface area contributed by atoms with Crippen molar-refractivity contribution in [1.82, 2.24) is 5.32 Å². The zero-order valence-electron chi connectivity index (χ0n) is 25.7. The number of ether oxygens (including phenoxy) is 4. The molecule has 3 atom stereocenters. The van der Waals surface area contributed by atoms with Crippen LogP contribution in [0, 0.1) is 11.3 Å². The third-order valence-corrected chi connectivity index (χ3v) is 7.39. The van der Waals surface area contributed by atoms with Crippen molar-refractivity contribution >= 4 is 29.2 Å². The van der Waals surface area contributed by atoms with Gasteiger partial charge in [-0.3, -0.25) is 4.79 Å². The number of aliphatic hydroxyl groups is 1. The number of fused-ring (bicyclic) bond motifs is 1. The Bertz CT molecular complexity index is 1220. The van der Waals surface area contributed by atoms with Crippen molar-refractivity contribution in [2.75, 3.05) is 45.4 Å². The summed E-state index contributed by atoms with van der Waals surface area (Å²) in [6.07, 6.45) is -0.788. The molecule has 2 aromatic carbocycles. The van der Waals surface area contributed by atoms with E-state index in [0.29, 0.717) is 36.0 Å². The number of carbonyl (C=O) groups is 2. The first-order chi connectivity index (χ1) is 19.9. The highest BCUT2D eigenvalue weighted by atomic mass is 35.5. The molecular formula is C32H45ClN2O7. The van der Waals surface area contributed by atoms with E-state index >= 15 is 0 Å². The molecule has 0 saturated heterocycles. The fourth-order valence-corrected chi connectivity index (χ4v) is 5.43. The second-order valence-corrected chi connectivity index (χ2v) is 12.3. The molecule has 0 aliphatic carbocycles. The standard InChI is InChI=1S/C32H45ClN2O7/c1-8-41-31(38)25(14-20(2)3)34-28(37)16-22-17-35(18-32(4,5)19-36)26-13-12-21(33)15-24(26)29(42-22)23-10-9-11-27(39-6)30(23)40-7/h9-13,15,20,22,25,29,36H,8,14,16-19H2,1-7H3,(H,34,37)/t22-,25+,29-/m1/s1. The summed E-state index contributed by atoms with van der Waals surface area (Å²) in [6.45, 7) is 10.7. The van der Waals surface area contributed by atoms with Gasteiger partial charge in [-0.25, -0.2) is 4.79 Å². The lowest BCUT2D eigenvalue weighted by molar-refractivity contribution is -0.148. The predicted molar refractivity (Wildman–Crippen MR) is 163 cm³/mol. The largest absolute Gasteiger partial charge is 0.493 e. The predicted octanol–water partition coefficient (Wildman–Crippen LogP) is 5.15. The SMILES string of the molecule is CCOC(=O)[C@H](CC(C)C)NC(=O)C[C@@H]1CN(CC(C)(C)CO)c2ccc(Cl)cc2[C@@H](c2cccc(OC)c2OC)O1. The fourth-order valence-electron chi connectivity index (χ4n) is 5.25. The maximum absolute atomic E-state index is 13.4. The van der Waals surface area contributed by atoms with Crippen LogP contribution >= 0.6 is 11.6 Å². The van der Waals surface area contributed by atoms with Crippen LogP contribution in [0.2, 0.25) is 5.02 Å². The maximum Gasteiger partial charge on any atom is 0.328 e. The van der Waals surface area contributed by atoms with Gasteiger partial charge in [-0.2, -0.15) is 0 Å². The normalized spacial score (nSPS) is 17.7. The number of hydrogen-bond donors (Lipinski definition) is 2. The van der Waals surface area contributed by atoms with Gasteiger partial charge in [0, 0.05) is 46.9 Å². The molecule has 0 aromatic heterocycles. The Kier molecular flexibility index (Phi) is 11.9. The summed E-state index contributed by atoms with van der Waals surface area (Å²) >= 11 is 6.52. The third kappa shape index (κ3) is 8.52. The topological polar surface area (TPSA) is 107 Å². The van der Waals surface area contributed by atoms with Crippen molar-refractivity contribution in [2.24, 2.45) is 11.3 Å². The molecule has 0 unspecified atom stereocenters. The summed E-state index contributed by atoms with van der Waals surface area (Å²) in [4.78, 5) is 28.2. The van der Waals surface area contributed by atoms with Gasteiger partial charge in [0.1, 0.15) is 12.1 Å². The average Bonchev–Trinajstić information content (AvgIpc) is 3.07. The number of para-hydroxylation sites is 1. The van der Waals surface area contributed by atoms with E-state index in [1.165, 1.54) is 0 Å². The quantitative estimate of drug-likeness (QED) is 0.302. The van der Waals surface area contributed by atoms with E-state index in [-0.39, 0.29) is 31.5 Å². The van der Waals surface area contributed by atoms with Crippen molar-refractivity contribution in [3.8, 4) is 11.5 Å². The van der Waals surface area contributed by atoms with Crippen LogP contribution in [-0.4, -0.2) is 69.7 Å². The molecule has 10 heteroatoms. The van der Waals surface area contributed by atoms with Gasteiger partial charge in [-0.05, 0) is 43.5 Å². The number of nitrogens with one attached hydrogen (secondary N) is 1. The van der Waals surface area contributed by atoms with Gasteiger partial charge < -0.3 is 34.3 Å². The molecule has 1 aliphatic rings. The van der Waals surface area contributed by atoms with Gasteiger partial charge in [-0.15, -0.1) is 0 Å². The van der Waals surface area contributed by atoms with Crippen LogP contribution in [0.3, 0.4) is 0 Å². The molecule has 3 rings (SSSR count). The highest BCUT2D eigenvalue weighted by molar-refractivity contribution is 6.30. The second-order valence-electron chi connectivity index (χ2n) is 11.8. The lowest BCUT2D eigenvalue weighted by Gasteiger charge is -2.34. The smallest absolute Gasteiger partial charge is 0.328 e. The van der Waals surface area contributed by atoms with E-state index in [2.05, 4.69) is 10.2 Å². The summed E-state index contributed by atoms with van der Waals surface area (Å²) in [5.74, 6) is 0.468. The summed E-state index contributed by atoms with van der Waals surface area (Å²) in [5.41, 5.74) is 1.96. The van der Waals surface area contributed by atoms with Gasteiger partial charge in [0.2, 0.25) is 5.91 Å². The highest BCUT2D eigenvalue weighted by Crippen LogP contribution is 2.45. The summed E-state index contributed by atoms with van der Waals surface area (Å²) in [5, 5.41) is 13.5. The first kappa shape index (κ1) is 33.5. The van der Waals surface area contributed by atoms with Gasteiger partial charge in [0.05, 0.1) is 33.4 Å². The van der Waals surface area contributed by atoms with Crippen molar-refractivity contribution in [1.29, 1.82) is 0 Å². The van der Waals surface area contributed by atoms with Crippen LogP contribution in [0.15, 0.2) is 36.4 Å². The van der Waals surface area contributed by atoms with Gasteiger partial charge in [0.25, 0.3) is 0 Å². The van der Waals surface area contributed by atoms with E-state index in [0.717, 1.165) is 16.8 Å². The molecule has 2 N–H and O–H groups in total. The first-order valence-corrected chi connectivity index (χ1v) is 14.8. The van der Waals surface area contributed by atoms with Crippen LogP contribution in [-0.2, 0) is 19.1 Å². The van der Waals surface area contributed by atoms with E-state index in [1.54, 1.807) is 21.1 Å². The molecule has 0 radical (unpaired) electrons. The lowest BCUT2D eigenvalue weighted by atomic mass is 9.92. The van der Waals surface area contributed by atoms with E-state index in [1.807, 2.05) is 64.1 Å². The van der Waals surface area contributed by atoms with Crippen molar-refractivity contribution in [3.05, 3.63) is 52.5 Å². The Morgan fingerprint density at radius 1 is 1.17 bits per heavy atom. The molecule has 1 heterocycles. The summed E-state index contributed by atoms with van der Waals surface area (Å²) in [6, 6.07) is 10.4. The van der Waals surface area contributed by atoms with Crippen LogP contribution in [0.25, 0.3) is 0 Å². The maximum atomic E-state index is 13.4. The Morgan fingerprint density at radius 2 is 1.90 bits per heavy atom. The second kappa shape index (κ2) is 14.9. The number of aliphatic hydroxyl groups excluding tert-OH is 1. The summed E-state index contributed by atoms with van der Waals surface area (Å²) < 4.78 is 23.3. The van der Waals surface area contributed by atoms with Gasteiger partial charge in [0.15, 0.2) is 11.5 Å². The number of halogens is 1. The molecule has 42 heavy (non-hydrogen) atoms. The zero-order valence-corrected chi connectivity index (χ0v) is 26.5. The zero-order chi connectivity index (χ0) is 31.0. The number of amides is 1. The molecule has 9 nitrogen and oxygen atoms in total. The molecule has 1 aliphatic heterocycles. The van der Waals surface area contributed by atoms with Gasteiger partial charge >= 0.3 is 5.97 Å². The number of esters is 1. The van der Waals surface area contributed by atoms with Crippen LogP contribution in [0.5, 0.6) is 11.5 Å². The number of nitrogens with zero attached hydrogens (tertiary/aromatic N) is 1. The molecule has 0 saturated carbocycles. The number of anilines is 1. The molecule has 2 aromatic rings. The Hall–Kier alpha value is -3.01. The first-order valence-electron chi connectivity index (χ1n) is 14.4. The van der Waals surface area contributed by atoms with Crippen molar-refractivity contribution < 1.29 is 33.6 Å². The minimum Gasteiger partial charge on any atom is -0.493 e. The third-order valence-electron chi connectivity index (χ3n) is 7.15. The summed E-state index contributed by atoms with van der Waals surface area (Å²) in [7, 11) is 3.14. The minimum atomic E-state index is -0.752. The Labute approximate surface area is 254 Å². The van der Waals surface area contributed by atoms with E-state index in [9.17, 15) is 14.7 Å².